The summed E-state index contributed by atoms with van der Waals surface area (Å²) in [5.74, 6) is 0.895. The van der Waals surface area contributed by atoms with Gasteiger partial charge in [0.05, 0.1) is 0 Å². The van der Waals surface area contributed by atoms with E-state index in [0.29, 0.717) is 0 Å². The van der Waals surface area contributed by atoms with Gasteiger partial charge in [0.2, 0.25) is 0 Å². The fourth-order valence-corrected chi connectivity index (χ4v) is 2.64. The van der Waals surface area contributed by atoms with Crippen molar-refractivity contribution in [1.82, 2.24) is 15.1 Å². The first-order chi connectivity index (χ1) is 11.2. The smallest absolute Gasteiger partial charge is 0.260 e. The van der Waals surface area contributed by atoms with Gasteiger partial charge in [-0.15, -0.1) is 0 Å². The Kier molecular flexibility index (Phi) is 7.36. The molecule has 0 spiro atoms. The predicted molar refractivity (Wildman–Crippen MR) is 92.6 cm³/mol. The molecule has 1 amide bonds. The summed E-state index contributed by atoms with van der Waals surface area (Å²) in [6, 6.07) is 7.94. The van der Waals surface area contributed by atoms with E-state index in [1.807, 2.05) is 29.2 Å². The molecule has 1 aromatic rings. The third-order valence-corrected chi connectivity index (χ3v) is 4.31. The van der Waals surface area contributed by atoms with E-state index in [1.165, 1.54) is 0 Å². The van der Waals surface area contributed by atoms with Crippen LogP contribution in [0, 0.1) is 0 Å². The third-order valence-electron chi connectivity index (χ3n) is 4.31. The molecule has 23 heavy (non-hydrogen) atoms. The zero-order chi connectivity index (χ0) is 16.5. The summed E-state index contributed by atoms with van der Waals surface area (Å²) >= 11 is 0. The van der Waals surface area contributed by atoms with Crippen LogP contribution in [0.1, 0.15) is 25.3 Å². The normalized spacial score (nSPS) is 14.5. The highest BCUT2D eigenvalue weighted by molar-refractivity contribution is 5.78. The van der Waals surface area contributed by atoms with Gasteiger partial charge in [-0.1, -0.05) is 25.1 Å². The Labute approximate surface area is 139 Å². The quantitative estimate of drug-likeness (QED) is 0.704. The summed E-state index contributed by atoms with van der Waals surface area (Å²) in [7, 11) is 2.11. The zero-order valence-corrected chi connectivity index (χ0v) is 14.4. The largest absolute Gasteiger partial charge is 0.483 e. The highest BCUT2D eigenvalue weighted by atomic mass is 16.5. The van der Waals surface area contributed by atoms with Crippen LogP contribution in [0.3, 0.4) is 0 Å². The van der Waals surface area contributed by atoms with Crippen molar-refractivity contribution in [1.29, 1.82) is 0 Å². The molecule has 5 heteroatoms. The second-order valence-corrected chi connectivity index (χ2v) is 6.06. The summed E-state index contributed by atoms with van der Waals surface area (Å²) in [5, 5.41) is 3.43. The lowest BCUT2D eigenvalue weighted by Gasteiger charge is -2.17. The van der Waals surface area contributed by atoms with Gasteiger partial charge < -0.3 is 19.9 Å². The molecule has 0 unspecified atom stereocenters. The molecule has 1 aliphatic heterocycles. The molecule has 0 bridgehead atoms. The van der Waals surface area contributed by atoms with Gasteiger partial charge in [-0.3, -0.25) is 4.79 Å². The van der Waals surface area contributed by atoms with Gasteiger partial charge in [0.25, 0.3) is 5.91 Å². The number of ether oxygens (including phenoxy) is 1. The van der Waals surface area contributed by atoms with Gasteiger partial charge in [-0.05, 0) is 32.5 Å². The molecule has 1 saturated heterocycles. The average Bonchev–Trinajstić information content (AvgIpc) is 3.11. The first kappa shape index (κ1) is 17.8. The number of likely N-dealkylation sites (tertiary alicyclic amines) is 1. The number of nitrogens with zero attached hydrogens (tertiary/aromatic N) is 2. The third kappa shape index (κ3) is 5.84. The van der Waals surface area contributed by atoms with E-state index in [0.717, 1.165) is 63.4 Å². The lowest BCUT2D eigenvalue weighted by atomic mass is 10.2. The average molecular weight is 319 g/mol. The highest BCUT2D eigenvalue weighted by Crippen LogP contribution is 2.18. The molecule has 0 saturated carbocycles. The Morgan fingerprint density at radius 1 is 1.30 bits per heavy atom. The summed E-state index contributed by atoms with van der Waals surface area (Å²) < 4.78 is 5.77. The zero-order valence-electron chi connectivity index (χ0n) is 14.4. The van der Waals surface area contributed by atoms with Crippen molar-refractivity contribution >= 4 is 5.91 Å². The van der Waals surface area contributed by atoms with E-state index in [9.17, 15) is 4.79 Å². The molecule has 0 aromatic heterocycles. The number of rotatable bonds is 9. The summed E-state index contributed by atoms with van der Waals surface area (Å²) in [6.45, 7) is 7.80. The molecule has 0 atom stereocenters. The maximum absolute atomic E-state index is 12.1. The fraction of sp³-hybridized carbons (Fsp3) is 0.611. The van der Waals surface area contributed by atoms with Crippen LogP contribution >= 0.6 is 0 Å². The van der Waals surface area contributed by atoms with Crippen molar-refractivity contribution in [2.24, 2.45) is 0 Å². The van der Waals surface area contributed by atoms with Crippen molar-refractivity contribution in [3.8, 4) is 5.75 Å². The number of hydrogen-bond donors (Lipinski definition) is 1. The van der Waals surface area contributed by atoms with Gasteiger partial charge in [0.1, 0.15) is 5.75 Å². The molecule has 5 nitrogen and oxygen atoms in total. The van der Waals surface area contributed by atoms with Crippen molar-refractivity contribution < 1.29 is 9.53 Å². The summed E-state index contributed by atoms with van der Waals surface area (Å²) in [5.41, 5.74) is 1.10. The van der Waals surface area contributed by atoms with Crippen LogP contribution in [0.5, 0.6) is 5.75 Å². The Morgan fingerprint density at radius 2 is 2.04 bits per heavy atom. The Balaban J connectivity index is 1.78. The number of carbonyl (C=O) groups is 1. The maximum atomic E-state index is 12.1. The number of carbonyl (C=O) groups excluding carboxylic acids is 1. The van der Waals surface area contributed by atoms with Crippen molar-refractivity contribution in [3.05, 3.63) is 29.8 Å². The van der Waals surface area contributed by atoms with Crippen molar-refractivity contribution in [2.75, 3.05) is 46.4 Å². The van der Waals surface area contributed by atoms with E-state index in [-0.39, 0.29) is 12.5 Å². The van der Waals surface area contributed by atoms with Crippen LogP contribution < -0.4 is 10.1 Å². The molecule has 1 aromatic carbocycles. The predicted octanol–water partition coefficient (Wildman–Crippen LogP) is 1.73. The van der Waals surface area contributed by atoms with E-state index in [4.69, 9.17) is 4.74 Å². The van der Waals surface area contributed by atoms with Gasteiger partial charge in [0.15, 0.2) is 6.61 Å². The minimum Gasteiger partial charge on any atom is -0.483 e. The van der Waals surface area contributed by atoms with E-state index in [2.05, 4.69) is 24.2 Å². The molecular formula is C18H29N3O2. The van der Waals surface area contributed by atoms with Gasteiger partial charge in [-0.25, -0.2) is 0 Å². The first-order valence-electron chi connectivity index (χ1n) is 8.58. The maximum Gasteiger partial charge on any atom is 0.260 e. The minimum absolute atomic E-state index is 0.0924. The molecule has 128 valence electrons. The Bertz CT molecular complexity index is 487. The van der Waals surface area contributed by atoms with Gasteiger partial charge >= 0.3 is 0 Å². The molecule has 0 aliphatic carbocycles. The van der Waals surface area contributed by atoms with Gasteiger partial charge in [-0.2, -0.15) is 0 Å². The van der Waals surface area contributed by atoms with Crippen LogP contribution in [0.4, 0.5) is 0 Å². The van der Waals surface area contributed by atoms with Crippen LogP contribution in [0.2, 0.25) is 0 Å². The minimum atomic E-state index is 0.0924. The lowest BCUT2D eigenvalue weighted by molar-refractivity contribution is -0.132. The molecular weight excluding hydrogens is 290 g/mol. The summed E-state index contributed by atoms with van der Waals surface area (Å²) in [4.78, 5) is 16.2. The number of para-hydroxylation sites is 1. The van der Waals surface area contributed by atoms with Crippen LogP contribution in [-0.4, -0.2) is 62.1 Å². The number of hydrogen-bond acceptors (Lipinski definition) is 4. The van der Waals surface area contributed by atoms with Crippen molar-refractivity contribution in [3.63, 3.8) is 0 Å². The van der Waals surface area contributed by atoms with Crippen LogP contribution in [0.15, 0.2) is 24.3 Å². The number of nitrogens with one attached hydrogen (secondary N) is 1. The first-order valence-corrected chi connectivity index (χ1v) is 8.58. The van der Waals surface area contributed by atoms with Gasteiger partial charge in [0, 0.05) is 38.3 Å². The molecule has 2 rings (SSSR count). The number of likely N-dealkylation sites (N-methyl/N-ethyl adjacent to an activating group) is 1. The number of benzene rings is 1. The highest BCUT2D eigenvalue weighted by Gasteiger charge is 2.18. The molecule has 1 N–H and O–H groups in total. The number of amides is 1. The molecule has 1 fully saturated rings. The summed E-state index contributed by atoms with van der Waals surface area (Å²) in [6.07, 6.45) is 2.22. The second-order valence-electron chi connectivity index (χ2n) is 6.06. The lowest BCUT2D eigenvalue weighted by Crippen LogP contribution is -2.32. The SMILES string of the molecule is CCN(C)CCNCc1ccccc1OCC(=O)N1CCCC1. The van der Waals surface area contributed by atoms with Crippen molar-refractivity contribution in [2.45, 2.75) is 26.3 Å². The molecule has 1 heterocycles. The van der Waals surface area contributed by atoms with E-state index < -0.39 is 0 Å². The van der Waals surface area contributed by atoms with Crippen LogP contribution in [-0.2, 0) is 11.3 Å². The topological polar surface area (TPSA) is 44.8 Å². The fourth-order valence-electron chi connectivity index (χ4n) is 2.64. The monoisotopic (exact) mass is 319 g/mol. The Morgan fingerprint density at radius 3 is 2.78 bits per heavy atom. The standard InChI is InChI=1S/C18H29N3O2/c1-3-20(2)13-10-19-14-16-8-4-5-9-17(16)23-15-18(22)21-11-6-7-12-21/h4-5,8-9,19H,3,6-7,10-15H2,1-2H3. The molecule has 1 aliphatic rings. The van der Waals surface area contributed by atoms with E-state index >= 15 is 0 Å². The van der Waals surface area contributed by atoms with Crippen LogP contribution in [0.25, 0.3) is 0 Å². The second kappa shape index (κ2) is 9.53. The molecule has 0 radical (unpaired) electrons. The Hall–Kier alpha value is -1.59. The van der Waals surface area contributed by atoms with E-state index in [1.54, 1.807) is 0 Å².